The fraction of sp³-hybridized carbons (Fsp3) is 0.267. The van der Waals surface area contributed by atoms with Gasteiger partial charge in [-0.3, -0.25) is 25.5 Å². The highest BCUT2D eigenvalue weighted by molar-refractivity contribution is 5.95. The molecule has 2 heterocycles. The molecule has 3 rings (SSSR count). The molecule has 0 bridgehead atoms. The molecule has 0 unspecified atom stereocenters. The van der Waals surface area contributed by atoms with Crippen molar-refractivity contribution < 1.29 is 14.3 Å². The van der Waals surface area contributed by atoms with Crippen LogP contribution in [0.2, 0.25) is 0 Å². The van der Waals surface area contributed by atoms with Crippen molar-refractivity contribution in [2.75, 3.05) is 6.61 Å². The lowest BCUT2D eigenvalue weighted by atomic mass is 10.1. The summed E-state index contributed by atoms with van der Waals surface area (Å²) < 4.78 is 5.23. The van der Waals surface area contributed by atoms with E-state index in [1.54, 1.807) is 6.07 Å². The van der Waals surface area contributed by atoms with Crippen molar-refractivity contribution >= 4 is 11.8 Å². The van der Waals surface area contributed by atoms with Crippen LogP contribution in [-0.4, -0.2) is 34.7 Å². The van der Waals surface area contributed by atoms with E-state index in [0.717, 1.165) is 12.0 Å². The molecule has 1 aliphatic heterocycles. The average molecular weight is 300 g/mol. The van der Waals surface area contributed by atoms with E-state index in [1.165, 1.54) is 0 Å². The maximum Gasteiger partial charge on any atom is 0.287 e. The molecule has 0 saturated carbocycles. The van der Waals surface area contributed by atoms with Gasteiger partial charge in [-0.25, -0.2) is 0 Å². The molecule has 1 aliphatic rings. The third-order valence-electron chi connectivity index (χ3n) is 3.41. The minimum Gasteiger partial charge on any atom is -0.368 e. The zero-order valence-corrected chi connectivity index (χ0v) is 11.8. The van der Waals surface area contributed by atoms with Gasteiger partial charge >= 0.3 is 0 Å². The molecule has 114 valence electrons. The number of aromatic nitrogens is 2. The number of rotatable bonds is 3. The van der Waals surface area contributed by atoms with Crippen molar-refractivity contribution in [3.8, 4) is 11.3 Å². The Morgan fingerprint density at radius 3 is 2.77 bits per heavy atom. The minimum atomic E-state index is -0.484. The molecule has 1 aromatic heterocycles. The predicted octanol–water partition coefficient (Wildman–Crippen LogP) is 1.02. The minimum absolute atomic E-state index is 0.270. The number of aromatic amines is 1. The van der Waals surface area contributed by atoms with Gasteiger partial charge in [-0.1, -0.05) is 30.3 Å². The summed E-state index contributed by atoms with van der Waals surface area (Å²) in [6.07, 6.45) is 1.04. The van der Waals surface area contributed by atoms with Crippen LogP contribution in [0.5, 0.6) is 0 Å². The molecule has 0 spiro atoms. The quantitative estimate of drug-likeness (QED) is 0.737. The van der Waals surface area contributed by atoms with Crippen molar-refractivity contribution in [2.24, 2.45) is 0 Å². The Labute approximate surface area is 127 Å². The number of carbonyl (C=O) groups excluding carboxylic acids is 2. The molecule has 7 nitrogen and oxygen atoms in total. The lowest BCUT2D eigenvalue weighted by molar-refractivity contribution is -0.130. The lowest BCUT2D eigenvalue weighted by Gasteiger charge is -2.10. The van der Waals surface area contributed by atoms with Crippen LogP contribution in [0, 0.1) is 0 Å². The molecule has 3 N–H and O–H groups in total. The van der Waals surface area contributed by atoms with Gasteiger partial charge in [-0.2, -0.15) is 5.10 Å². The molecule has 0 aliphatic carbocycles. The summed E-state index contributed by atoms with van der Waals surface area (Å²) in [5.74, 6) is -0.797. The number of amides is 2. The fourth-order valence-corrected chi connectivity index (χ4v) is 2.25. The highest BCUT2D eigenvalue weighted by atomic mass is 16.5. The summed E-state index contributed by atoms with van der Waals surface area (Å²) in [4.78, 5) is 23.7. The smallest absolute Gasteiger partial charge is 0.287 e. The van der Waals surface area contributed by atoms with E-state index in [4.69, 9.17) is 4.74 Å². The molecule has 1 atom stereocenters. The topological polar surface area (TPSA) is 96.1 Å². The summed E-state index contributed by atoms with van der Waals surface area (Å²) in [7, 11) is 0. The van der Waals surface area contributed by atoms with Gasteiger partial charge in [0.25, 0.3) is 11.8 Å². The molecular formula is C15H16N4O3. The number of benzene rings is 1. The normalized spacial score (nSPS) is 17.2. The molecule has 1 saturated heterocycles. The van der Waals surface area contributed by atoms with Crippen LogP contribution >= 0.6 is 0 Å². The first-order chi connectivity index (χ1) is 10.7. The number of nitrogens with one attached hydrogen (secondary N) is 3. The average Bonchev–Trinajstić information content (AvgIpc) is 3.24. The SMILES string of the molecule is O=C(NNC(=O)[C@H]1CCCO1)c1cc(-c2ccccc2)n[nH]1. The van der Waals surface area contributed by atoms with Crippen LogP contribution in [0.1, 0.15) is 23.3 Å². The van der Waals surface area contributed by atoms with Crippen molar-refractivity contribution in [3.63, 3.8) is 0 Å². The highest BCUT2D eigenvalue weighted by Crippen LogP contribution is 2.16. The molecule has 22 heavy (non-hydrogen) atoms. The third-order valence-corrected chi connectivity index (χ3v) is 3.41. The first-order valence-electron chi connectivity index (χ1n) is 7.06. The third kappa shape index (κ3) is 3.15. The molecule has 2 aromatic rings. The second-order valence-corrected chi connectivity index (χ2v) is 4.98. The summed E-state index contributed by atoms with van der Waals surface area (Å²) in [5, 5.41) is 6.74. The molecule has 0 radical (unpaired) electrons. The van der Waals surface area contributed by atoms with Crippen LogP contribution < -0.4 is 10.9 Å². The van der Waals surface area contributed by atoms with Gasteiger partial charge in [0.1, 0.15) is 11.8 Å². The van der Waals surface area contributed by atoms with Crippen LogP contribution in [0.3, 0.4) is 0 Å². The van der Waals surface area contributed by atoms with E-state index in [0.29, 0.717) is 18.7 Å². The Bertz CT molecular complexity index is 662. The first-order valence-corrected chi connectivity index (χ1v) is 7.06. The second-order valence-electron chi connectivity index (χ2n) is 4.98. The molecule has 1 fully saturated rings. The van der Waals surface area contributed by atoms with E-state index in [-0.39, 0.29) is 11.6 Å². The van der Waals surface area contributed by atoms with Gasteiger partial charge in [0, 0.05) is 12.2 Å². The maximum atomic E-state index is 12.0. The summed E-state index contributed by atoms with van der Waals surface area (Å²) in [6.45, 7) is 0.576. The summed E-state index contributed by atoms with van der Waals surface area (Å²) >= 11 is 0. The maximum absolute atomic E-state index is 12.0. The molecule has 7 heteroatoms. The van der Waals surface area contributed by atoms with E-state index < -0.39 is 12.0 Å². The van der Waals surface area contributed by atoms with Crippen LogP contribution in [-0.2, 0) is 9.53 Å². The number of carbonyl (C=O) groups is 2. The number of hydrazine groups is 1. The molecule has 2 amide bonds. The van der Waals surface area contributed by atoms with Crippen molar-refractivity contribution in [1.29, 1.82) is 0 Å². The van der Waals surface area contributed by atoms with Crippen LogP contribution in [0.15, 0.2) is 36.4 Å². The van der Waals surface area contributed by atoms with Gasteiger partial charge in [0.2, 0.25) is 0 Å². The number of hydrogen-bond acceptors (Lipinski definition) is 4. The van der Waals surface area contributed by atoms with Crippen LogP contribution in [0.25, 0.3) is 11.3 Å². The van der Waals surface area contributed by atoms with E-state index in [9.17, 15) is 9.59 Å². The van der Waals surface area contributed by atoms with Gasteiger partial charge in [-0.05, 0) is 18.9 Å². The van der Waals surface area contributed by atoms with Gasteiger partial charge in [0.05, 0.1) is 5.69 Å². The predicted molar refractivity (Wildman–Crippen MR) is 78.6 cm³/mol. The lowest BCUT2D eigenvalue weighted by Crippen LogP contribution is -2.46. The monoisotopic (exact) mass is 300 g/mol. The van der Waals surface area contributed by atoms with E-state index in [1.807, 2.05) is 30.3 Å². The molecular weight excluding hydrogens is 284 g/mol. The van der Waals surface area contributed by atoms with Crippen molar-refractivity contribution in [2.45, 2.75) is 18.9 Å². The Hall–Kier alpha value is -2.67. The van der Waals surface area contributed by atoms with Crippen LogP contribution in [0.4, 0.5) is 0 Å². The Balaban J connectivity index is 1.59. The highest BCUT2D eigenvalue weighted by Gasteiger charge is 2.24. The van der Waals surface area contributed by atoms with Gasteiger partial charge in [0.15, 0.2) is 0 Å². The zero-order valence-electron chi connectivity index (χ0n) is 11.8. The van der Waals surface area contributed by atoms with E-state index in [2.05, 4.69) is 21.0 Å². The standard InChI is InChI=1S/C15H16N4O3/c20-14(18-19-15(21)13-7-4-8-22-13)12-9-11(16-17-12)10-5-2-1-3-6-10/h1-3,5-6,9,13H,4,7-8H2,(H,16,17)(H,18,20)(H,19,21)/t13-/m1/s1. The second kappa shape index (κ2) is 6.40. The molecule has 1 aromatic carbocycles. The Morgan fingerprint density at radius 2 is 2.05 bits per heavy atom. The summed E-state index contributed by atoms with van der Waals surface area (Å²) in [5.41, 5.74) is 6.55. The Morgan fingerprint density at radius 1 is 1.23 bits per heavy atom. The van der Waals surface area contributed by atoms with Gasteiger partial charge < -0.3 is 4.74 Å². The number of H-pyrrole nitrogens is 1. The summed E-state index contributed by atoms with van der Waals surface area (Å²) in [6, 6.07) is 11.1. The van der Waals surface area contributed by atoms with Gasteiger partial charge in [-0.15, -0.1) is 0 Å². The van der Waals surface area contributed by atoms with Crippen molar-refractivity contribution in [1.82, 2.24) is 21.0 Å². The van der Waals surface area contributed by atoms with E-state index >= 15 is 0 Å². The zero-order chi connectivity index (χ0) is 15.4. The number of nitrogens with zero attached hydrogens (tertiary/aromatic N) is 1. The first kappa shape index (κ1) is 14.3. The van der Waals surface area contributed by atoms with Crippen molar-refractivity contribution in [3.05, 3.63) is 42.1 Å². The fourth-order valence-electron chi connectivity index (χ4n) is 2.25. The number of ether oxygens (including phenoxy) is 1. The largest absolute Gasteiger partial charge is 0.368 e. The number of hydrogen-bond donors (Lipinski definition) is 3. The Kier molecular flexibility index (Phi) is 4.15.